The smallest absolute Gasteiger partial charge is 0.242 e. The highest BCUT2D eigenvalue weighted by Gasteiger charge is 2.52. The van der Waals surface area contributed by atoms with Gasteiger partial charge in [-0.1, -0.05) is 78.9 Å². The van der Waals surface area contributed by atoms with Crippen molar-refractivity contribution < 1.29 is 9.53 Å². The average Bonchev–Trinajstić information content (AvgIpc) is 3.70. The molecule has 4 heteroatoms. The topological polar surface area (TPSA) is 36.1 Å². The van der Waals surface area contributed by atoms with E-state index < -0.39 is 5.41 Å². The molecular formula is C30H32N2O2. The summed E-state index contributed by atoms with van der Waals surface area (Å²) >= 11 is 0. The van der Waals surface area contributed by atoms with E-state index in [2.05, 4.69) is 77.7 Å². The van der Waals surface area contributed by atoms with E-state index in [1.807, 2.05) is 17.0 Å². The summed E-state index contributed by atoms with van der Waals surface area (Å²) in [6, 6.07) is 29.7. The quantitative estimate of drug-likeness (QED) is 0.474. The maximum absolute atomic E-state index is 14.2. The number of piperidine rings is 1. The number of ether oxygens (including phenoxy) is 1. The Morgan fingerprint density at radius 2 is 1.50 bits per heavy atom. The van der Waals surface area contributed by atoms with Gasteiger partial charge >= 0.3 is 0 Å². The number of nitrogens with zero attached hydrogens (tertiary/aromatic N) is 2. The van der Waals surface area contributed by atoms with Gasteiger partial charge in [-0.25, -0.2) is 0 Å². The number of likely N-dealkylation sites (tertiary alicyclic amines) is 1. The Labute approximate surface area is 202 Å². The lowest BCUT2D eigenvalue weighted by atomic mass is 9.72. The van der Waals surface area contributed by atoms with Crippen molar-refractivity contribution in [2.24, 2.45) is 0 Å². The molecule has 4 nitrogen and oxygen atoms in total. The van der Waals surface area contributed by atoms with Crippen molar-refractivity contribution >= 4 is 11.6 Å². The standard InChI is InChI=1S/C30H32N2O2/c33-29-30(25-11-5-2-6-12-25,27-13-7-8-14-28(27)32(29)21-26-22-34-26)17-20-31-18-15-24(16-19-31)23-9-3-1-4-10-23/h1-14,24,26H,15-22H2. The molecule has 3 heterocycles. The van der Waals surface area contributed by atoms with E-state index in [0.29, 0.717) is 12.5 Å². The van der Waals surface area contributed by atoms with Gasteiger partial charge in [0.05, 0.1) is 19.3 Å². The summed E-state index contributed by atoms with van der Waals surface area (Å²) < 4.78 is 5.51. The van der Waals surface area contributed by atoms with Crippen molar-refractivity contribution in [3.63, 3.8) is 0 Å². The third-order valence-electron chi connectivity index (χ3n) is 7.98. The number of hydrogen-bond donors (Lipinski definition) is 0. The molecule has 1 amide bonds. The predicted octanol–water partition coefficient (Wildman–Crippen LogP) is 4.99. The molecule has 2 unspecified atom stereocenters. The molecule has 0 aliphatic carbocycles. The Morgan fingerprint density at radius 1 is 0.853 bits per heavy atom. The van der Waals surface area contributed by atoms with Gasteiger partial charge in [-0.3, -0.25) is 4.79 Å². The van der Waals surface area contributed by atoms with Gasteiger partial charge in [-0.05, 0) is 67.6 Å². The van der Waals surface area contributed by atoms with Crippen LogP contribution in [0.5, 0.6) is 0 Å². The molecule has 3 aromatic rings. The summed E-state index contributed by atoms with van der Waals surface area (Å²) in [5, 5.41) is 0. The van der Waals surface area contributed by atoms with Crippen molar-refractivity contribution in [1.82, 2.24) is 4.90 Å². The predicted molar refractivity (Wildman–Crippen MR) is 135 cm³/mol. The highest BCUT2D eigenvalue weighted by atomic mass is 16.6. The van der Waals surface area contributed by atoms with Gasteiger partial charge in [0.2, 0.25) is 5.91 Å². The van der Waals surface area contributed by atoms with Gasteiger partial charge < -0.3 is 14.5 Å². The van der Waals surface area contributed by atoms with Gasteiger partial charge in [-0.2, -0.15) is 0 Å². The molecule has 174 valence electrons. The number of carbonyl (C=O) groups is 1. The summed E-state index contributed by atoms with van der Waals surface area (Å²) in [6.45, 7) is 4.48. The van der Waals surface area contributed by atoms with E-state index in [4.69, 9.17) is 4.74 Å². The lowest BCUT2D eigenvalue weighted by Crippen LogP contribution is -2.45. The third-order valence-corrected chi connectivity index (χ3v) is 7.98. The normalized spacial score (nSPS) is 24.9. The van der Waals surface area contributed by atoms with Gasteiger partial charge in [0.25, 0.3) is 0 Å². The Bertz CT molecular complexity index is 1140. The summed E-state index contributed by atoms with van der Waals surface area (Å²) in [5.74, 6) is 0.845. The van der Waals surface area contributed by atoms with Crippen LogP contribution in [0.2, 0.25) is 0 Å². The van der Waals surface area contributed by atoms with Crippen LogP contribution in [-0.2, 0) is 14.9 Å². The second-order valence-electron chi connectivity index (χ2n) is 9.94. The Hall–Kier alpha value is -2.95. The summed E-state index contributed by atoms with van der Waals surface area (Å²) in [5.41, 5.74) is 4.12. The van der Waals surface area contributed by atoms with E-state index in [9.17, 15) is 4.79 Å². The van der Waals surface area contributed by atoms with Crippen molar-refractivity contribution in [3.05, 3.63) is 102 Å². The summed E-state index contributed by atoms with van der Waals surface area (Å²) in [6.07, 6.45) is 3.32. The fourth-order valence-electron chi connectivity index (χ4n) is 6.01. The number of hydrogen-bond acceptors (Lipinski definition) is 3. The first kappa shape index (κ1) is 21.6. The maximum atomic E-state index is 14.2. The number of rotatable bonds is 7. The van der Waals surface area contributed by atoms with Gasteiger partial charge in [0.15, 0.2) is 0 Å². The molecule has 34 heavy (non-hydrogen) atoms. The van der Waals surface area contributed by atoms with E-state index in [1.165, 1.54) is 18.4 Å². The van der Waals surface area contributed by atoms with E-state index in [0.717, 1.165) is 49.5 Å². The second-order valence-corrected chi connectivity index (χ2v) is 9.94. The fourth-order valence-corrected chi connectivity index (χ4v) is 6.01. The maximum Gasteiger partial charge on any atom is 0.242 e. The molecule has 3 aliphatic rings. The summed E-state index contributed by atoms with van der Waals surface area (Å²) in [7, 11) is 0. The minimum Gasteiger partial charge on any atom is -0.371 e. The second kappa shape index (κ2) is 9.01. The minimum absolute atomic E-state index is 0.167. The molecule has 0 N–H and O–H groups in total. The van der Waals surface area contributed by atoms with Crippen molar-refractivity contribution in [2.75, 3.05) is 37.7 Å². The van der Waals surface area contributed by atoms with Crippen LogP contribution in [-0.4, -0.2) is 49.7 Å². The zero-order valence-electron chi connectivity index (χ0n) is 19.6. The van der Waals surface area contributed by atoms with Crippen LogP contribution in [0, 0.1) is 0 Å². The fraction of sp³-hybridized carbons (Fsp3) is 0.367. The largest absolute Gasteiger partial charge is 0.371 e. The highest BCUT2D eigenvalue weighted by Crippen LogP contribution is 2.49. The molecule has 3 aliphatic heterocycles. The van der Waals surface area contributed by atoms with Crippen LogP contribution in [0.15, 0.2) is 84.9 Å². The highest BCUT2D eigenvalue weighted by molar-refractivity contribution is 6.10. The molecule has 0 spiro atoms. The van der Waals surface area contributed by atoms with Gasteiger partial charge in [0.1, 0.15) is 5.41 Å². The number of epoxide rings is 1. The number of amides is 1. The van der Waals surface area contributed by atoms with Crippen LogP contribution in [0.4, 0.5) is 5.69 Å². The third kappa shape index (κ3) is 3.85. The zero-order valence-corrected chi connectivity index (χ0v) is 19.6. The zero-order chi connectivity index (χ0) is 23.0. The number of carbonyl (C=O) groups excluding carboxylic acids is 1. The molecule has 0 bridgehead atoms. The molecule has 2 saturated heterocycles. The van der Waals surface area contributed by atoms with Crippen molar-refractivity contribution in [1.29, 1.82) is 0 Å². The number of fused-ring (bicyclic) bond motifs is 1. The van der Waals surface area contributed by atoms with Crippen LogP contribution in [0.3, 0.4) is 0 Å². The first-order valence-corrected chi connectivity index (χ1v) is 12.6. The van der Waals surface area contributed by atoms with Gasteiger partial charge in [0, 0.05) is 5.69 Å². The number of anilines is 1. The van der Waals surface area contributed by atoms with Crippen LogP contribution in [0.25, 0.3) is 0 Å². The number of para-hydroxylation sites is 1. The molecule has 0 radical (unpaired) electrons. The minimum atomic E-state index is -0.636. The molecule has 0 aromatic heterocycles. The van der Waals surface area contributed by atoms with Crippen LogP contribution >= 0.6 is 0 Å². The molecular weight excluding hydrogens is 420 g/mol. The first-order valence-electron chi connectivity index (χ1n) is 12.6. The van der Waals surface area contributed by atoms with Crippen molar-refractivity contribution in [2.45, 2.75) is 36.7 Å². The molecule has 2 atom stereocenters. The van der Waals surface area contributed by atoms with E-state index >= 15 is 0 Å². The van der Waals surface area contributed by atoms with E-state index in [1.54, 1.807) is 0 Å². The molecule has 6 rings (SSSR count). The molecule has 0 saturated carbocycles. The van der Waals surface area contributed by atoms with Crippen molar-refractivity contribution in [3.8, 4) is 0 Å². The average molecular weight is 453 g/mol. The van der Waals surface area contributed by atoms with E-state index in [-0.39, 0.29) is 12.0 Å². The molecule has 2 fully saturated rings. The Kier molecular flexibility index (Phi) is 5.72. The van der Waals surface area contributed by atoms with Crippen LogP contribution < -0.4 is 4.90 Å². The Morgan fingerprint density at radius 3 is 2.21 bits per heavy atom. The monoisotopic (exact) mass is 452 g/mol. The lowest BCUT2D eigenvalue weighted by Gasteiger charge is -2.36. The molecule has 3 aromatic carbocycles. The number of benzene rings is 3. The summed E-state index contributed by atoms with van der Waals surface area (Å²) in [4.78, 5) is 18.8. The Balaban J connectivity index is 1.26. The first-order chi connectivity index (χ1) is 16.8. The van der Waals surface area contributed by atoms with Gasteiger partial charge in [-0.15, -0.1) is 0 Å². The van der Waals surface area contributed by atoms with Crippen LogP contribution in [0.1, 0.15) is 41.9 Å². The SMILES string of the molecule is O=C1N(CC2CO2)c2ccccc2C1(CCN1CCC(c2ccccc2)CC1)c1ccccc1. The lowest BCUT2D eigenvalue weighted by molar-refractivity contribution is -0.122.